The summed E-state index contributed by atoms with van der Waals surface area (Å²) in [6.07, 6.45) is 7.54. The average Bonchev–Trinajstić information content (AvgIpc) is 3.07. The monoisotopic (exact) mass is 372 g/mol. The number of amides is 2. The maximum atomic E-state index is 12.7. The van der Waals surface area contributed by atoms with Gasteiger partial charge in [0.25, 0.3) is 5.91 Å². The molecule has 2 amide bonds. The minimum atomic E-state index is 0.0614. The number of aromatic nitrogens is 1. The number of piperidine rings is 1. The molecule has 3 heterocycles. The Labute approximate surface area is 162 Å². The Morgan fingerprint density at radius 1 is 1.30 bits per heavy atom. The van der Waals surface area contributed by atoms with Crippen LogP contribution in [0, 0.1) is 5.92 Å². The van der Waals surface area contributed by atoms with Crippen LogP contribution in [0.3, 0.4) is 0 Å². The van der Waals surface area contributed by atoms with E-state index in [4.69, 9.17) is 0 Å². The fourth-order valence-corrected chi connectivity index (χ4v) is 4.07. The summed E-state index contributed by atoms with van der Waals surface area (Å²) in [5, 5.41) is 3.36. The third-order valence-electron chi connectivity index (χ3n) is 5.68. The van der Waals surface area contributed by atoms with Crippen LogP contribution in [0.25, 0.3) is 0 Å². The SMILES string of the molecule is CCCC(C)Nc1ccc(C(=O)N2CCC(CN3CCCC3=O)CC2)cn1. The van der Waals surface area contributed by atoms with E-state index in [2.05, 4.69) is 24.1 Å². The molecule has 148 valence electrons. The van der Waals surface area contributed by atoms with E-state index in [1.54, 1.807) is 6.20 Å². The van der Waals surface area contributed by atoms with Crippen molar-refractivity contribution < 1.29 is 9.59 Å². The Morgan fingerprint density at radius 2 is 2.07 bits per heavy atom. The fourth-order valence-electron chi connectivity index (χ4n) is 4.07. The Kier molecular flexibility index (Phi) is 6.69. The molecule has 0 saturated carbocycles. The number of rotatable bonds is 7. The second-order valence-electron chi connectivity index (χ2n) is 7.95. The molecule has 0 aromatic carbocycles. The van der Waals surface area contributed by atoms with Crippen molar-refractivity contribution in [2.24, 2.45) is 5.92 Å². The van der Waals surface area contributed by atoms with Gasteiger partial charge in [0.05, 0.1) is 5.56 Å². The number of nitrogens with one attached hydrogen (secondary N) is 1. The molecule has 6 heteroatoms. The van der Waals surface area contributed by atoms with Crippen molar-refractivity contribution in [3.05, 3.63) is 23.9 Å². The highest BCUT2D eigenvalue weighted by molar-refractivity contribution is 5.94. The van der Waals surface area contributed by atoms with Crippen molar-refractivity contribution in [2.75, 3.05) is 31.5 Å². The minimum absolute atomic E-state index is 0.0614. The quantitative estimate of drug-likeness (QED) is 0.798. The summed E-state index contributed by atoms with van der Waals surface area (Å²) in [6.45, 7) is 7.60. The molecule has 2 aliphatic heterocycles. The number of nitrogens with zero attached hydrogens (tertiary/aromatic N) is 3. The molecule has 2 fully saturated rings. The molecule has 0 radical (unpaired) electrons. The molecular weight excluding hydrogens is 340 g/mol. The van der Waals surface area contributed by atoms with Crippen LogP contribution >= 0.6 is 0 Å². The van der Waals surface area contributed by atoms with Gasteiger partial charge in [-0.25, -0.2) is 4.98 Å². The van der Waals surface area contributed by atoms with Crippen LogP contribution in [0.15, 0.2) is 18.3 Å². The smallest absolute Gasteiger partial charge is 0.255 e. The van der Waals surface area contributed by atoms with E-state index in [9.17, 15) is 9.59 Å². The summed E-state index contributed by atoms with van der Waals surface area (Å²) in [5.74, 6) is 1.69. The van der Waals surface area contributed by atoms with Crippen LogP contribution in [0.1, 0.15) is 62.7 Å². The van der Waals surface area contributed by atoms with E-state index in [-0.39, 0.29) is 5.91 Å². The Bertz CT molecular complexity index is 638. The summed E-state index contributed by atoms with van der Waals surface area (Å²) in [6, 6.07) is 4.14. The number of likely N-dealkylation sites (tertiary alicyclic amines) is 2. The first-order valence-corrected chi connectivity index (χ1v) is 10.4. The first kappa shape index (κ1) is 19.6. The van der Waals surface area contributed by atoms with Crippen LogP contribution in [0.4, 0.5) is 5.82 Å². The number of carbonyl (C=O) groups is 2. The molecule has 2 aliphatic rings. The van der Waals surface area contributed by atoms with E-state index >= 15 is 0 Å². The number of hydrogen-bond donors (Lipinski definition) is 1. The van der Waals surface area contributed by atoms with Gasteiger partial charge in [0, 0.05) is 44.8 Å². The second-order valence-corrected chi connectivity index (χ2v) is 7.95. The van der Waals surface area contributed by atoms with E-state index < -0.39 is 0 Å². The summed E-state index contributed by atoms with van der Waals surface area (Å²) >= 11 is 0. The summed E-state index contributed by atoms with van der Waals surface area (Å²) < 4.78 is 0. The average molecular weight is 373 g/mol. The lowest BCUT2D eigenvalue weighted by atomic mass is 9.96. The van der Waals surface area contributed by atoms with Gasteiger partial charge in [0.1, 0.15) is 5.82 Å². The van der Waals surface area contributed by atoms with Gasteiger partial charge >= 0.3 is 0 Å². The molecule has 6 nitrogen and oxygen atoms in total. The predicted molar refractivity (Wildman–Crippen MR) is 107 cm³/mol. The lowest BCUT2D eigenvalue weighted by Crippen LogP contribution is -2.41. The van der Waals surface area contributed by atoms with Gasteiger partial charge in [-0.15, -0.1) is 0 Å². The van der Waals surface area contributed by atoms with Gasteiger partial charge in [-0.2, -0.15) is 0 Å². The molecular formula is C21H32N4O2. The summed E-state index contributed by atoms with van der Waals surface area (Å²) in [4.78, 5) is 32.9. The van der Waals surface area contributed by atoms with Gasteiger partial charge in [0.15, 0.2) is 0 Å². The Hall–Kier alpha value is -2.11. The van der Waals surface area contributed by atoms with Crippen LogP contribution in [-0.4, -0.2) is 58.8 Å². The van der Waals surface area contributed by atoms with E-state index in [0.717, 1.165) is 64.1 Å². The van der Waals surface area contributed by atoms with Crippen molar-refractivity contribution in [1.29, 1.82) is 0 Å². The van der Waals surface area contributed by atoms with Crippen LogP contribution in [0.5, 0.6) is 0 Å². The van der Waals surface area contributed by atoms with Gasteiger partial charge in [-0.3, -0.25) is 9.59 Å². The van der Waals surface area contributed by atoms with Gasteiger partial charge in [0.2, 0.25) is 5.91 Å². The normalized spacial score (nSPS) is 19.4. The number of anilines is 1. The number of pyridine rings is 1. The fraction of sp³-hybridized carbons (Fsp3) is 0.667. The van der Waals surface area contributed by atoms with Gasteiger partial charge in [-0.1, -0.05) is 13.3 Å². The van der Waals surface area contributed by atoms with Crippen molar-refractivity contribution in [3.8, 4) is 0 Å². The van der Waals surface area contributed by atoms with Crippen LogP contribution in [-0.2, 0) is 4.79 Å². The highest BCUT2D eigenvalue weighted by Crippen LogP contribution is 2.22. The molecule has 2 saturated heterocycles. The third kappa shape index (κ3) is 5.21. The van der Waals surface area contributed by atoms with Crippen molar-refractivity contribution in [1.82, 2.24) is 14.8 Å². The van der Waals surface area contributed by atoms with Crippen LogP contribution in [0.2, 0.25) is 0 Å². The largest absolute Gasteiger partial charge is 0.368 e. The zero-order valence-corrected chi connectivity index (χ0v) is 16.6. The molecule has 3 rings (SSSR count). The highest BCUT2D eigenvalue weighted by Gasteiger charge is 2.28. The number of carbonyl (C=O) groups excluding carboxylic acids is 2. The molecule has 27 heavy (non-hydrogen) atoms. The standard InChI is InChI=1S/C21H32N4O2/c1-3-5-16(2)23-19-8-7-18(14-22-19)21(27)24-12-9-17(10-13-24)15-25-11-4-6-20(25)26/h7-8,14,16-17H,3-6,9-13,15H2,1-2H3,(H,22,23). The van der Waals surface area contributed by atoms with Crippen molar-refractivity contribution in [2.45, 2.75) is 58.4 Å². The molecule has 0 aliphatic carbocycles. The lowest BCUT2D eigenvalue weighted by molar-refractivity contribution is -0.128. The maximum Gasteiger partial charge on any atom is 0.255 e. The molecule has 1 aromatic rings. The lowest BCUT2D eigenvalue weighted by Gasteiger charge is -2.34. The van der Waals surface area contributed by atoms with Crippen LogP contribution < -0.4 is 5.32 Å². The highest BCUT2D eigenvalue weighted by atomic mass is 16.2. The molecule has 1 atom stereocenters. The van der Waals surface area contributed by atoms with Crippen molar-refractivity contribution in [3.63, 3.8) is 0 Å². The predicted octanol–water partition coefficient (Wildman–Crippen LogP) is 3.16. The van der Waals surface area contributed by atoms with E-state index in [0.29, 0.717) is 29.9 Å². The number of hydrogen-bond acceptors (Lipinski definition) is 4. The third-order valence-corrected chi connectivity index (χ3v) is 5.68. The Morgan fingerprint density at radius 3 is 2.67 bits per heavy atom. The zero-order valence-electron chi connectivity index (χ0n) is 16.6. The molecule has 1 unspecified atom stereocenters. The molecule has 0 bridgehead atoms. The first-order valence-electron chi connectivity index (χ1n) is 10.4. The van der Waals surface area contributed by atoms with Crippen molar-refractivity contribution >= 4 is 17.6 Å². The maximum absolute atomic E-state index is 12.7. The first-order chi connectivity index (χ1) is 13.1. The topological polar surface area (TPSA) is 65.5 Å². The molecule has 0 spiro atoms. The van der Waals surface area contributed by atoms with Gasteiger partial charge < -0.3 is 15.1 Å². The summed E-state index contributed by atoms with van der Waals surface area (Å²) in [5.41, 5.74) is 0.650. The molecule has 1 N–H and O–H groups in total. The zero-order chi connectivity index (χ0) is 19.2. The Balaban J connectivity index is 1.48. The second kappa shape index (κ2) is 9.20. The van der Waals surface area contributed by atoms with Gasteiger partial charge in [-0.05, 0) is 50.7 Å². The van der Waals surface area contributed by atoms with E-state index in [1.807, 2.05) is 21.9 Å². The summed E-state index contributed by atoms with van der Waals surface area (Å²) in [7, 11) is 0. The minimum Gasteiger partial charge on any atom is -0.368 e. The van der Waals surface area contributed by atoms with E-state index in [1.165, 1.54) is 0 Å². The molecule has 1 aromatic heterocycles.